The molecule has 1 saturated heterocycles. The molecular weight excluding hydrogens is 302 g/mol. The third-order valence-electron chi connectivity index (χ3n) is 5.01. The number of methoxy groups -OCH3 is 1. The summed E-state index contributed by atoms with van der Waals surface area (Å²) < 4.78 is 5.19. The molecule has 0 unspecified atom stereocenters. The standard InChI is InChI=1S/C19H27N3O2/c1-14(2)19(3,13-20)21-18(23)12-22-10-9-16(11-22)15-5-7-17(24-4)8-6-15/h5-8,14,16H,9-12H2,1-4H3,(H,21,23)/t16-,19-/m1/s1. The Hall–Kier alpha value is -2.06. The molecule has 5 nitrogen and oxygen atoms in total. The van der Waals surface area contributed by atoms with Gasteiger partial charge in [-0.05, 0) is 49.4 Å². The summed E-state index contributed by atoms with van der Waals surface area (Å²) in [5.74, 6) is 1.29. The molecule has 0 radical (unpaired) electrons. The van der Waals surface area contributed by atoms with Crippen molar-refractivity contribution in [3.63, 3.8) is 0 Å². The molecule has 5 heteroatoms. The van der Waals surface area contributed by atoms with Crippen molar-refractivity contribution in [3.8, 4) is 11.8 Å². The SMILES string of the molecule is COc1ccc([C@@H]2CCN(CC(=O)N[C@](C)(C#N)C(C)C)C2)cc1. The number of carbonyl (C=O) groups excluding carboxylic acids is 1. The third kappa shape index (κ3) is 4.27. The molecule has 1 amide bonds. The number of nitrogens with zero attached hydrogens (tertiary/aromatic N) is 2. The van der Waals surface area contributed by atoms with E-state index in [1.807, 2.05) is 26.0 Å². The van der Waals surface area contributed by atoms with Crippen LogP contribution in [0.1, 0.15) is 38.7 Å². The first-order valence-corrected chi connectivity index (χ1v) is 8.46. The van der Waals surface area contributed by atoms with Crippen molar-refractivity contribution in [2.75, 3.05) is 26.7 Å². The second kappa shape index (κ2) is 7.67. The normalized spacial score (nSPS) is 20.4. The number of nitriles is 1. The maximum Gasteiger partial charge on any atom is 0.235 e. The Balaban J connectivity index is 1.89. The van der Waals surface area contributed by atoms with E-state index in [2.05, 4.69) is 28.4 Å². The summed E-state index contributed by atoms with van der Waals surface area (Å²) in [4.78, 5) is 14.4. The number of hydrogen-bond acceptors (Lipinski definition) is 4. The van der Waals surface area contributed by atoms with Crippen LogP contribution in [0.4, 0.5) is 0 Å². The summed E-state index contributed by atoms with van der Waals surface area (Å²) in [6, 6.07) is 10.4. The van der Waals surface area contributed by atoms with Crippen molar-refractivity contribution in [1.29, 1.82) is 5.26 Å². The van der Waals surface area contributed by atoms with E-state index in [4.69, 9.17) is 4.74 Å². The van der Waals surface area contributed by atoms with E-state index >= 15 is 0 Å². The number of amides is 1. The zero-order chi connectivity index (χ0) is 17.7. The van der Waals surface area contributed by atoms with Gasteiger partial charge in [-0.15, -0.1) is 0 Å². The second-order valence-corrected chi connectivity index (χ2v) is 7.01. The Morgan fingerprint density at radius 2 is 2.12 bits per heavy atom. The molecule has 1 aromatic carbocycles. The quantitative estimate of drug-likeness (QED) is 0.871. The van der Waals surface area contributed by atoms with Gasteiger partial charge in [0.2, 0.25) is 5.91 Å². The maximum atomic E-state index is 12.3. The Morgan fingerprint density at radius 1 is 1.46 bits per heavy atom. The number of rotatable bonds is 6. The van der Waals surface area contributed by atoms with Gasteiger partial charge in [0.1, 0.15) is 11.3 Å². The molecule has 130 valence electrons. The highest BCUT2D eigenvalue weighted by Crippen LogP contribution is 2.28. The van der Waals surface area contributed by atoms with Crippen molar-refractivity contribution >= 4 is 5.91 Å². The third-order valence-corrected chi connectivity index (χ3v) is 5.01. The lowest BCUT2D eigenvalue weighted by Gasteiger charge is -2.28. The lowest BCUT2D eigenvalue weighted by Crippen LogP contribution is -2.51. The monoisotopic (exact) mass is 329 g/mol. The lowest BCUT2D eigenvalue weighted by molar-refractivity contribution is -0.123. The fraction of sp³-hybridized carbons (Fsp3) is 0.579. The van der Waals surface area contributed by atoms with Crippen LogP contribution in [0.2, 0.25) is 0 Å². The minimum Gasteiger partial charge on any atom is -0.497 e. The molecule has 1 aromatic rings. The van der Waals surface area contributed by atoms with Gasteiger partial charge in [0, 0.05) is 6.54 Å². The van der Waals surface area contributed by atoms with Gasteiger partial charge < -0.3 is 10.1 Å². The van der Waals surface area contributed by atoms with Crippen molar-refractivity contribution in [3.05, 3.63) is 29.8 Å². The number of hydrogen-bond donors (Lipinski definition) is 1. The maximum absolute atomic E-state index is 12.3. The summed E-state index contributed by atoms with van der Waals surface area (Å²) in [5, 5.41) is 12.2. The first-order chi connectivity index (χ1) is 11.4. The first-order valence-electron chi connectivity index (χ1n) is 8.46. The molecule has 24 heavy (non-hydrogen) atoms. The molecule has 2 atom stereocenters. The summed E-state index contributed by atoms with van der Waals surface area (Å²) in [7, 11) is 1.66. The summed E-state index contributed by atoms with van der Waals surface area (Å²) in [6.45, 7) is 7.77. The second-order valence-electron chi connectivity index (χ2n) is 7.01. The summed E-state index contributed by atoms with van der Waals surface area (Å²) in [5.41, 5.74) is 0.467. The van der Waals surface area contributed by atoms with Gasteiger partial charge in [-0.2, -0.15) is 5.26 Å². The van der Waals surface area contributed by atoms with Gasteiger partial charge in [0.25, 0.3) is 0 Å². The fourth-order valence-corrected chi connectivity index (χ4v) is 2.96. The highest BCUT2D eigenvalue weighted by Gasteiger charge is 2.31. The van der Waals surface area contributed by atoms with Crippen molar-refractivity contribution in [2.24, 2.45) is 5.92 Å². The average molecular weight is 329 g/mol. The summed E-state index contributed by atoms with van der Waals surface area (Å²) >= 11 is 0. The molecule has 0 aliphatic carbocycles. The van der Waals surface area contributed by atoms with E-state index in [9.17, 15) is 10.1 Å². The molecule has 0 aromatic heterocycles. The fourth-order valence-electron chi connectivity index (χ4n) is 2.96. The minimum absolute atomic E-state index is 0.0667. The van der Waals surface area contributed by atoms with Crippen LogP contribution in [-0.4, -0.2) is 43.1 Å². The van der Waals surface area contributed by atoms with E-state index < -0.39 is 5.54 Å². The van der Waals surface area contributed by atoms with Gasteiger partial charge in [-0.3, -0.25) is 9.69 Å². The van der Waals surface area contributed by atoms with Crippen LogP contribution in [-0.2, 0) is 4.79 Å². The molecular formula is C19H27N3O2. The highest BCUT2D eigenvalue weighted by molar-refractivity contribution is 5.79. The molecule has 1 aliphatic rings. The Kier molecular flexibility index (Phi) is 5.84. The number of benzene rings is 1. The van der Waals surface area contributed by atoms with Crippen LogP contribution in [0.25, 0.3) is 0 Å². The lowest BCUT2D eigenvalue weighted by atomic mass is 9.90. The average Bonchev–Trinajstić information content (AvgIpc) is 3.02. The number of likely N-dealkylation sites (tertiary alicyclic amines) is 1. The molecule has 0 saturated carbocycles. The van der Waals surface area contributed by atoms with Crippen LogP contribution in [0, 0.1) is 17.2 Å². The Bertz CT molecular complexity index is 606. The molecule has 1 heterocycles. The van der Waals surface area contributed by atoms with Crippen LogP contribution in [0.15, 0.2) is 24.3 Å². The number of carbonyl (C=O) groups is 1. The van der Waals surface area contributed by atoms with E-state index in [-0.39, 0.29) is 11.8 Å². The van der Waals surface area contributed by atoms with Gasteiger partial charge in [-0.25, -0.2) is 0 Å². The zero-order valence-corrected chi connectivity index (χ0v) is 15.0. The van der Waals surface area contributed by atoms with Crippen LogP contribution in [0.3, 0.4) is 0 Å². The van der Waals surface area contributed by atoms with Crippen LogP contribution < -0.4 is 10.1 Å². The van der Waals surface area contributed by atoms with Crippen LogP contribution in [0.5, 0.6) is 5.75 Å². The molecule has 2 rings (SSSR count). The minimum atomic E-state index is -0.813. The van der Waals surface area contributed by atoms with Gasteiger partial charge in [-0.1, -0.05) is 26.0 Å². The highest BCUT2D eigenvalue weighted by atomic mass is 16.5. The first kappa shape index (κ1) is 18.3. The van der Waals surface area contributed by atoms with Crippen molar-refractivity contribution in [1.82, 2.24) is 10.2 Å². The zero-order valence-electron chi connectivity index (χ0n) is 15.0. The molecule has 0 bridgehead atoms. The van der Waals surface area contributed by atoms with Crippen molar-refractivity contribution in [2.45, 2.75) is 38.6 Å². The predicted octanol–water partition coefficient (Wildman–Crippen LogP) is 2.54. The number of nitrogens with one attached hydrogen (secondary N) is 1. The molecule has 1 aliphatic heterocycles. The largest absolute Gasteiger partial charge is 0.497 e. The van der Waals surface area contributed by atoms with Crippen LogP contribution >= 0.6 is 0 Å². The summed E-state index contributed by atoms with van der Waals surface area (Å²) in [6.07, 6.45) is 1.04. The van der Waals surface area contributed by atoms with E-state index in [0.717, 1.165) is 25.3 Å². The topological polar surface area (TPSA) is 65.4 Å². The number of ether oxygens (including phenoxy) is 1. The predicted molar refractivity (Wildman–Crippen MR) is 93.8 cm³/mol. The van der Waals surface area contributed by atoms with E-state index in [1.165, 1.54) is 5.56 Å². The van der Waals surface area contributed by atoms with Gasteiger partial charge >= 0.3 is 0 Å². The van der Waals surface area contributed by atoms with E-state index in [0.29, 0.717) is 12.5 Å². The Labute approximate surface area is 144 Å². The molecule has 0 spiro atoms. The van der Waals surface area contributed by atoms with E-state index in [1.54, 1.807) is 14.0 Å². The Morgan fingerprint density at radius 3 is 2.67 bits per heavy atom. The van der Waals surface area contributed by atoms with Gasteiger partial charge in [0.15, 0.2) is 0 Å². The molecule has 1 N–H and O–H groups in total. The van der Waals surface area contributed by atoms with Crippen molar-refractivity contribution < 1.29 is 9.53 Å². The van der Waals surface area contributed by atoms with Gasteiger partial charge in [0.05, 0.1) is 19.7 Å². The smallest absolute Gasteiger partial charge is 0.235 e. The molecule has 1 fully saturated rings.